The van der Waals surface area contributed by atoms with Crippen LogP contribution >= 0.6 is 0 Å². The van der Waals surface area contributed by atoms with Gasteiger partial charge in [0.05, 0.1) is 17.4 Å². The Hall–Kier alpha value is -1.91. The summed E-state index contributed by atoms with van der Waals surface area (Å²) in [7, 11) is 0. The highest BCUT2D eigenvalue weighted by Crippen LogP contribution is 2.18. The van der Waals surface area contributed by atoms with Crippen LogP contribution < -0.4 is 5.32 Å². The van der Waals surface area contributed by atoms with Gasteiger partial charge in [-0.15, -0.1) is 0 Å². The third-order valence-electron chi connectivity index (χ3n) is 2.62. The molecule has 0 aliphatic heterocycles. The van der Waals surface area contributed by atoms with Gasteiger partial charge in [-0.3, -0.25) is 4.79 Å². The number of hydrogen-bond donors (Lipinski definition) is 1. The minimum atomic E-state index is -0.591. The van der Waals surface area contributed by atoms with E-state index in [1.165, 1.54) is 19.1 Å². The molecule has 5 heteroatoms. The summed E-state index contributed by atoms with van der Waals surface area (Å²) in [4.78, 5) is 22.9. The molecule has 0 heterocycles. The highest BCUT2D eigenvalue weighted by molar-refractivity contribution is 5.93. The number of anilines is 1. The van der Waals surface area contributed by atoms with E-state index in [1.807, 2.05) is 20.8 Å². The van der Waals surface area contributed by atoms with Crippen molar-refractivity contribution < 1.29 is 18.7 Å². The van der Waals surface area contributed by atoms with Crippen LogP contribution in [0.3, 0.4) is 0 Å². The summed E-state index contributed by atoms with van der Waals surface area (Å²) in [6.07, 6.45) is 0.544. The van der Waals surface area contributed by atoms with Crippen LogP contribution in [0.1, 0.15) is 44.5 Å². The monoisotopic (exact) mass is 281 g/mol. The lowest BCUT2D eigenvalue weighted by molar-refractivity contribution is -0.114. The highest BCUT2D eigenvalue weighted by Gasteiger charge is 2.15. The molecule has 0 aliphatic carbocycles. The molecule has 0 bridgehead atoms. The van der Waals surface area contributed by atoms with Gasteiger partial charge in [-0.05, 0) is 37.5 Å². The Morgan fingerprint density at radius 2 is 1.95 bits per heavy atom. The molecule has 0 saturated heterocycles. The first-order valence-electron chi connectivity index (χ1n) is 6.57. The smallest absolute Gasteiger partial charge is 0.338 e. The summed E-state index contributed by atoms with van der Waals surface area (Å²) < 4.78 is 18.7. The van der Waals surface area contributed by atoms with Crippen molar-refractivity contribution in [2.75, 3.05) is 5.32 Å². The summed E-state index contributed by atoms with van der Waals surface area (Å²) in [5.41, 5.74) is 0.189. The van der Waals surface area contributed by atoms with Crippen molar-refractivity contribution in [3.05, 3.63) is 29.6 Å². The fraction of sp³-hybridized carbons (Fsp3) is 0.467. The molecule has 0 aliphatic rings. The topological polar surface area (TPSA) is 55.4 Å². The maximum Gasteiger partial charge on any atom is 0.338 e. The number of esters is 1. The molecule has 4 nitrogen and oxygen atoms in total. The number of halogens is 1. The second-order valence-corrected chi connectivity index (χ2v) is 5.22. The van der Waals surface area contributed by atoms with E-state index in [-0.39, 0.29) is 17.4 Å². The molecule has 1 unspecified atom stereocenters. The summed E-state index contributed by atoms with van der Waals surface area (Å²) in [5, 5.41) is 2.33. The Labute approximate surface area is 118 Å². The van der Waals surface area contributed by atoms with Crippen molar-refractivity contribution in [2.45, 2.75) is 40.2 Å². The summed E-state index contributed by atoms with van der Waals surface area (Å²) in [5.74, 6) is -1.10. The van der Waals surface area contributed by atoms with E-state index in [4.69, 9.17) is 4.74 Å². The predicted molar refractivity (Wildman–Crippen MR) is 75.0 cm³/mol. The second kappa shape index (κ2) is 7.03. The van der Waals surface area contributed by atoms with Crippen molar-refractivity contribution in [2.24, 2.45) is 5.92 Å². The highest BCUT2D eigenvalue weighted by atomic mass is 19.1. The van der Waals surface area contributed by atoms with Gasteiger partial charge >= 0.3 is 5.97 Å². The largest absolute Gasteiger partial charge is 0.459 e. The molecule has 110 valence electrons. The average molecular weight is 281 g/mol. The molecular weight excluding hydrogens is 261 g/mol. The molecule has 1 aromatic rings. The molecule has 1 atom stereocenters. The Morgan fingerprint density at radius 3 is 2.50 bits per heavy atom. The molecular formula is C15H20FNO3. The molecule has 0 saturated carbocycles. The van der Waals surface area contributed by atoms with Crippen LogP contribution in [0.15, 0.2) is 18.2 Å². The van der Waals surface area contributed by atoms with E-state index in [0.29, 0.717) is 5.92 Å². The maximum absolute atomic E-state index is 13.5. The van der Waals surface area contributed by atoms with Crippen LogP contribution in [-0.4, -0.2) is 18.0 Å². The predicted octanol–water partition coefficient (Wildman–Crippen LogP) is 3.38. The Kier molecular flexibility index (Phi) is 5.67. The number of nitrogens with one attached hydrogen (secondary N) is 1. The maximum atomic E-state index is 13.5. The molecule has 1 rings (SSSR count). The third kappa shape index (κ3) is 4.99. The number of carbonyl (C=O) groups excluding carboxylic acids is 2. The van der Waals surface area contributed by atoms with Crippen LogP contribution in [0.25, 0.3) is 0 Å². The number of rotatable bonds is 5. The number of amides is 1. The van der Waals surface area contributed by atoms with E-state index < -0.39 is 17.7 Å². The quantitative estimate of drug-likeness (QED) is 0.842. The van der Waals surface area contributed by atoms with E-state index in [1.54, 1.807) is 0 Å². The first-order chi connectivity index (χ1) is 9.29. The Bertz CT molecular complexity index is 500. The molecule has 1 aromatic carbocycles. The zero-order chi connectivity index (χ0) is 15.3. The lowest BCUT2D eigenvalue weighted by Crippen LogP contribution is -2.17. The molecule has 1 N–H and O–H groups in total. The lowest BCUT2D eigenvalue weighted by atomic mass is 10.1. The van der Waals surface area contributed by atoms with Crippen LogP contribution in [0.2, 0.25) is 0 Å². The SMILES string of the molecule is CC(=O)Nc1cc(C(=O)OC(C)CC(C)C)ccc1F. The van der Waals surface area contributed by atoms with E-state index in [0.717, 1.165) is 12.5 Å². The van der Waals surface area contributed by atoms with Gasteiger partial charge in [-0.2, -0.15) is 0 Å². The van der Waals surface area contributed by atoms with Gasteiger partial charge in [-0.25, -0.2) is 9.18 Å². The van der Waals surface area contributed by atoms with Gasteiger partial charge in [0.15, 0.2) is 0 Å². The van der Waals surface area contributed by atoms with Gasteiger partial charge < -0.3 is 10.1 Å². The van der Waals surface area contributed by atoms with Gasteiger partial charge in [-0.1, -0.05) is 13.8 Å². The minimum absolute atomic E-state index is 0.0246. The number of hydrogen-bond acceptors (Lipinski definition) is 3. The third-order valence-corrected chi connectivity index (χ3v) is 2.62. The minimum Gasteiger partial charge on any atom is -0.459 e. The van der Waals surface area contributed by atoms with Gasteiger partial charge in [0.25, 0.3) is 0 Å². The van der Waals surface area contributed by atoms with Crippen molar-refractivity contribution in [3.8, 4) is 0 Å². The Morgan fingerprint density at radius 1 is 1.30 bits per heavy atom. The van der Waals surface area contributed by atoms with Gasteiger partial charge in [0.2, 0.25) is 5.91 Å². The lowest BCUT2D eigenvalue weighted by Gasteiger charge is -2.15. The van der Waals surface area contributed by atoms with E-state index in [9.17, 15) is 14.0 Å². The van der Waals surface area contributed by atoms with Gasteiger partial charge in [0, 0.05) is 6.92 Å². The molecule has 1 amide bonds. The van der Waals surface area contributed by atoms with Crippen molar-refractivity contribution >= 4 is 17.6 Å². The molecule has 0 radical (unpaired) electrons. The number of ether oxygens (including phenoxy) is 1. The summed E-state index contributed by atoms with van der Waals surface area (Å²) in [6, 6.07) is 3.75. The Balaban J connectivity index is 2.80. The molecule has 20 heavy (non-hydrogen) atoms. The zero-order valence-corrected chi connectivity index (χ0v) is 12.2. The zero-order valence-electron chi connectivity index (χ0n) is 12.2. The van der Waals surface area contributed by atoms with Gasteiger partial charge in [0.1, 0.15) is 5.82 Å². The molecule has 0 spiro atoms. The van der Waals surface area contributed by atoms with Crippen LogP contribution in [0.5, 0.6) is 0 Å². The van der Waals surface area contributed by atoms with Crippen LogP contribution in [0, 0.1) is 11.7 Å². The standard InChI is InChI=1S/C15H20FNO3/c1-9(2)7-10(3)20-15(19)12-5-6-13(16)14(8-12)17-11(4)18/h5-6,8-10H,7H2,1-4H3,(H,17,18). The number of carbonyl (C=O) groups is 2. The second-order valence-electron chi connectivity index (χ2n) is 5.22. The fourth-order valence-electron chi connectivity index (χ4n) is 1.90. The average Bonchev–Trinajstić information content (AvgIpc) is 2.29. The number of benzene rings is 1. The first-order valence-corrected chi connectivity index (χ1v) is 6.57. The van der Waals surface area contributed by atoms with Crippen molar-refractivity contribution in [1.29, 1.82) is 0 Å². The summed E-state index contributed by atoms with van der Waals surface area (Å²) >= 11 is 0. The summed E-state index contributed by atoms with van der Waals surface area (Å²) in [6.45, 7) is 7.17. The normalized spacial score (nSPS) is 12.1. The van der Waals surface area contributed by atoms with Crippen molar-refractivity contribution in [1.82, 2.24) is 0 Å². The fourth-order valence-corrected chi connectivity index (χ4v) is 1.90. The first kappa shape index (κ1) is 16.1. The molecule has 0 fully saturated rings. The van der Waals surface area contributed by atoms with Crippen molar-refractivity contribution in [3.63, 3.8) is 0 Å². The van der Waals surface area contributed by atoms with Crippen LogP contribution in [-0.2, 0) is 9.53 Å². The molecule has 0 aromatic heterocycles. The van der Waals surface area contributed by atoms with E-state index >= 15 is 0 Å². The van der Waals surface area contributed by atoms with Crippen LogP contribution in [0.4, 0.5) is 10.1 Å². The van der Waals surface area contributed by atoms with E-state index in [2.05, 4.69) is 5.32 Å².